The fourth-order valence-electron chi connectivity index (χ4n) is 1.76. The van der Waals surface area contributed by atoms with Crippen LogP contribution in [0.25, 0.3) is 0 Å². The van der Waals surface area contributed by atoms with E-state index in [0.29, 0.717) is 18.0 Å². The van der Waals surface area contributed by atoms with Gasteiger partial charge in [-0.2, -0.15) is 0 Å². The molecule has 6 heteroatoms. The lowest BCUT2D eigenvalue weighted by molar-refractivity contribution is 0.0636. The van der Waals surface area contributed by atoms with Gasteiger partial charge in [0.05, 0.1) is 18.5 Å². The van der Waals surface area contributed by atoms with Crippen LogP contribution >= 0.6 is 0 Å². The Morgan fingerprint density at radius 2 is 2.09 bits per heavy atom. The molecule has 1 aromatic carbocycles. The minimum Gasteiger partial charge on any atom is -0.467 e. The van der Waals surface area contributed by atoms with Crippen LogP contribution in [0.2, 0.25) is 0 Å². The number of carbonyl (C=O) groups excluding carboxylic acids is 1. The second kappa shape index (κ2) is 6.51. The lowest BCUT2D eigenvalue weighted by atomic mass is 10.2. The SMILES string of the molecule is CC(C)(C)OC(=O)Nc1ccc(F)c(NCc2ccco2)c1. The van der Waals surface area contributed by atoms with Crippen LogP contribution in [0.5, 0.6) is 0 Å². The predicted molar refractivity (Wildman–Crippen MR) is 82.3 cm³/mol. The topological polar surface area (TPSA) is 63.5 Å². The molecule has 1 aromatic heterocycles. The first-order chi connectivity index (χ1) is 10.3. The first kappa shape index (κ1) is 15.9. The van der Waals surface area contributed by atoms with Gasteiger partial charge in [0, 0.05) is 5.69 Å². The van der Waals surface area contributed by atoms with Crippen molar-refractivity contribution in [3.8, 4) is 0 Å². The molecule has 0 bridgehead atoms. The average Bonchev–Trinajstić information content (AvgIpc) is 2.90. The van der Waals surface area contributed by atoms with Gasteiger partial charge in [0.25, 0.3) is 0 Å². The van der Waals surface area contributed by atoms with Crippen LogP contribution in [-0.2, 0) is 11.3 Å². The standard InChI is InChI=1S/C16H19FN2O3/c1-16(2,3)22-15(20)19-11-6-7-13(17)14(9-11)18-10-12-5-4-8-21-12/h4-9,18H,10H2,1-3H3,(H,19,20). The number of nitrogens with one attached hydrogen (secondary N) is 2. The van der Waals surface area contributed by atoms with Crippen molar-refractivity contribution >= 4 is 17.5 Å². The Morgan fingerprint density at radius 1 is 1.32 bits per heavy atom. The van der Waals surface area contributed by atoms with Crippen molar-refractivity contribution in [2.75, 3.05) is 10.6 Å². The number of benzene rings is 1. The molecule has 2 N–H and O–H groups in total. The van der Waals surface area contributed by atoms with Crippen molar-refractivity contribution in [2.24, 2.45) is 0 Å². The van der Waals surface area contributed by atoms with Gasteiger partial charge in [0.15, 0.2) is 0 Å². The number of anilines is 2. The first-order valence-electron chi connectivity index (χ1n) is 6.89. The van der Waals surface area contributed by atoms with Gasteiger partial charge in [0.1, 0.15) is 17.2 Å². The quantitative estimate of drug-likeness (QED) is 0.880. The molecule has 0 aliphatic rings. The normalized spacial score (nSPS) is 11.1. The maximum absolute atomic E-state index is 13.8. The molecule has 0 saturated heterocycles. The van der Waals surface area contributed by atoms with Crippen molar-refractivity contribution in [1.82, 2.24) is 0 Å². The van der Waals surface area contributed by atoms with Gasteiger partial charge in [-0.05, 0) is 51.1 Å². The summed E-state index contributed by atoms with van der Waals surface area (Å²) in [4.78, 5) is 11.7. The molecule has 0 unspecified atom stereocenters. The lowest BCUT2D eigenvalue weighted by Gasteiger charge is -2.20. The number of rotatable bonds is 4. The average molecular weight is 306 g/mol. The summed E-state index contributed by atoms with van der Waals surface area (Å²) in [5.41, 5.74) is 0.118. The van der Waals surface area contributed by atoms with E-state index < -0.39 is 17.5 Å². The van der Waals surface area contributed by atoms with E-state index in [1.165, 1.54) is 18.2 Å². The van der Waals surface area contributed by atoms with Gasteiger partial charge < -0.3 is 14.5 Å². The number of carbonyl (C=O) groups is 1. The van der Waals surface area contributed by atoms with E-state index in [1.54, 1.807) is 39.2 Å². The van der Waals surface area contributed by atoms with Crippen molar-refractivity contribution in [1.29, 1.82) is 0 Å². The fourth-order valence-corrected chi connectivity index (χ4v) is 1.76. The Balaban J connectivity index is 2.01. The van der Waals surface area contributed by atoms with Crippen LogP contribution in [0.3, 0.4) is 0 Å². The maximum Gasteiger partial charge on any atom is 0.412 e. The zero-order valence-corrected chi connectivity index (χ0v) is 12.8. The molecule has 2 rings (SSSR count). The van der Waals surface area contributed by atoms with E-state index in [1.807, 2.05) is 0 Å². The van der Waals surface area contributed by atoms with Crippen molar-refractivity contribution in [3.05, 3.63) is 48.2 Å². The molecular weight excluding hydrogens is 287 g/mol. The molecule has 0 radical (unpaired) electrons. The first-order valence-corrected chi connectivity index (χ1v) is 6.89. The van der Waals surface area contributed by atoms with Gasteiger partial charge >= 0.3 is 6.09 Å². The molecule has 5 nitrogen and oxygen atoms in total. The molecule has 0 fully saturated rings. The molecule has 2 aromatic rings. The second-order valence-electron chi connectivity index (χ2n) is 5.75. The Labute approximate surface area is 128 Å². The smallest absolute Gasteiger partial charge is 0.412 e. The van der Waals surface area contributed by atoms with Gasteiger partial charge in [-0.3, -0.25) is 5.32 Å². The molecule has 1 amide bonds. The molecule has 22 heavy (non-hydrogen) atoms. The zero-order chi connectivity index (χ0) is 16.2. The highest BCUT2D eigenvalue weighted by Gasteiger charge is 2.16. The Morgan fingerprint density at radius 3 is 2.73 bits per heavy atom. The summed E-state index contributed by atoms with van der Waals surface area (Å²) in [5, 5.41) is 5.48. The molecule has 0 saturated carbocycles. The van der Waals surface area contributed by atoms with Crippen LogP contribution in [0.15, 0.2) is 41.0 Å². The van der Waals surface area contributed by atoms with Crippen LogP contribution in [0, 0.1) is 5.82 Å². The van der Waals surface area contributed by atoms with Crippen molar-refractivity contribution in [3.63, 3.8) is 0 Å². The van der Waals surface area contributed by atoms with Crippen molar-refractivity contribution < 1.29 is 18.3 Å². The molecule has 1 heterocycles. The zero-order valence-electron chi connectivity index (χ0n) is 12.8. The van der Waals surface area contributed by atoms with E-state index in [0.717, 1.165) is 0 Å². The highest BCUT2D eigenvalue weighted by atomic mass is 19.1. The van der Waals surface area contributed by atoms with Gasteiger partial charge in [-0.1, -0.05) is 0 Å². The minimum atomic E-state index is -0.593. The predicted octanol–water partition coefficient (Wildman–Crippen LogP) is 4.38. The van der Waals surface area contributed by atoms with E-state index in [2.05, 4.69) is 10.6 Å². The minimum absolute atomic E-state index is 0.268. The lowest BCUT2D eigenvalue weighted by Crippen LogP contribution is -2.27. The summed E-state index contributed by atoms with van der Waals surface area (Å²) < 4.78 is 24.1. The highest BCUT2D eigenvalue weighted by Crippen LogP contribution is 2.21. The van der Waals surface area contributed by atoms with Crippen LogP contribution < -0.4 is 10.6 Å². The van der Waals surface area contributed by atoms with Crippen LogP contribution in [0.4, 0.5) is 20.6 Å². The summed E-state index contributed by atoms with van der Waals surface area (Å²) >= 11 is 0. The molecule has 0 spiro atoms. The van der Waals surface area contributed by atoms with E-state index in [4.69, 9.17) is 9.15 Å². The number of amides is 1. The molecule has 0 aliphatic carbocycles. The summed E-state index contributed by atoms with van der Waals surface area (Å²) in [6.45, 7) is 5.66. The fraction of sp³-hybridized carbons (Fsp3) is 0.312. The van der Waals surface area contributed by atoms with Gasteiger partial charge in [-0.25, -0.2) is 9.18 Å². The number of furan rings is 1. The molecule has 0 atom stereocenters. The Hall–Kier alpha value is -2.50. The second-order valence-corrected chi connectivity index (χ2v) is 5.75. The number of hydrogen-bond acceptors (Lipinski definition) is 4. The monoisotopic (exact) mass is 306 g/mol. The van der Waals surface area contributed by atoms with Crippen LogP contribution in [-0.4, -0.2) is 11.7 Å². The van der Waals surface area contributed by atoms with Crippen molar-refractivity contribution in [2.45, 2.75) is 32.9 Å². The summed E-state index contributed by atoms with van der Waals surface area (Å²) in [7, 11) is 0. The summed E-state index contributed by atoms with van der Waals surface area (Å²) in [5.74, 6) is 0.270. The van der Waals surface area contributed by atoms with E-state index in [9.17, 15) is 9.18 Å². The van der Waals surface area contributed by atoms with Gasteiger partial charge in [0.2, 0.25) is 0 Å². The van der Waals surface area contributed by atoms with Gasteiger partial charge in [-0.15, -0.1) is 0 Å². The highest BCUT2D eigenvalue weighted by molar-refractivity contribution is 5.85. The third-order valence-corrected chi connectivity index (χ3v) is 2.64. The molecular formula is C16H19FN2O3. The number of ether oxygens (including phenoxy) is 1. The number of halogens is 1. The third kappa shape index (κ3) is 4.80. The molecule has 118 valence electrons. The number of hydrogen-bond donors (Lipinski definition) is 2. The Bertz CT molecular complexity index is 633. The summed E-state index contributed by atoms with van der Waals surface area (Å²) in [6.07, 6.45) is 0.963. The Kier molecular flexibility index (Phi) is 4.70. The summed E-state index contributed by atoms with van der Waals surface area (Å²) in [6, 6.07) is 7.79. The molecule has 0 aliphatic heterocycles. The van der Waals surface area contributed by atoms with E-state index >= 15 is 0 Å². The van der Waals surface area contributed by atoms with Crippen LogP contribution in [0.1, 0.15) is 26.5 Å². The van der Waals surface area contributed by atoms with E-state index in [-0.39, 0.29) is 5.69 Å². The largest absolute Gasteiger partial charge is 0.467 e. The third-order valence-electron chi connectivity index (χ3n) is 2.64. The maximum atomic E-state index is 13.8.